The number of hydrogen-bond acceptors (Lipinski definition) is 3. The maximum atomic E-state index is 12.1. The fourth-order valence-electron chi connectivity index (χ4n) is 1.59. The van der Waals surface area contributed by atoms with E-state index in [9.17, 15) is 9.59 Å². The van der Waals surface area contributed by atoms with Gasteiger partial charge in [0.2, 0.25) is 5.91 Å². The van der Waals surface area contributed by atoms with E-state index >= 15 is 0 Å². The predicted octanol–water partition coefficient (Wildman–Crippen LogP) is 1.60. The number of carbonyl (C=O) groups is 2. The number of anilines is 1. The third kappa shape index (κ3) is 2.38. The zero-order valence-electron chi connectivity index (χ0n) is 9.59. The smallest absolute Gasteiger partial charge is 0.248 e. The van der Waals surface area contributed by atoms with E-state index in [2.05, 4.69) is 0 Å². The van der Waals surface area contributed by atoms with Crippen LogP contribution < -0.4 is 11.5 Å². The summed E-state index contributed by atoms with van der Waals surface area (Å²) >= 11 is 0. The highest BCUT2D eigenvalue weighted by molar-refractivity contribution is 6.09. The second-order valence-electron chi connectivity index (χ2n) is 3.89. The molecule has 90 valence electrons. The van der Waals surface area contributed by atoms with Gasteiger partial charge >= 0.3 is 0 Å². The van der Waals surface area contributed by atoms with Gasteiger partial charge in [-0.2, -0.15) is 0 Å². The monoisotopic (exact) mass is 240 g/mol. The van der Waals surface area contributed by atoms with Gasteiger partial charge in [0.15, 0.2) is 5.78 Å². The van der Waals surface area contributed by atoms with Gasteiger partial charge in [-0.1, -0.05) is 12.1 Å². The highest BCUT2D eigenvalue weighted by Crippen LogP contribution is 2.12. The lowest BCUT2D eigenvalue weighted by Crippen LogP contribution is -2.11. The van der Waals surface area contributed by atoms with Gasteiger partial charge < -0.3 is 11.5 Å². The van der Waals surface area contributed by atoms with Gasteiger partial charge in [0.05, 0.1) is 0 Å². The van der Waals surface area contributed by atoms with E-state index in [0.717, 1.165) is 0 Å². The molecule has 0 bridgehead atoms. The molecular formula is C14H12N2O2. The maximum Gasteiger partial charge on any atom is 0.248 e. The Morgan fingerprint density at radius 1 is 0.722 bits per heavy atom. The van der Waals surface area contributed by atoms with Crippen LogP contribution in [0, 0.1) is 0 Å². The van der Waals surface area contributed by atoms with E-state index in [1.165, 1.54) is 12.1 Å². The fraction of sp³-hybridized carbons (Fsp3) is 0. The van der Waals surface area contributed by atoms with Crippen LogP contribution in [-0.2, 0) is 0 Å². The highest BCUT2D eigenvalue weighted by Gasteiger charge is 2.09. The molecule has 18 heavy (non-hydrogen) atoms. The van der Waals surface area contributed by atoms with E-state index in [0.29, 0.717) is 22.4 Å². The van der Waals surface area contributed by atoms with Crippen LogP contribution in [0.5, 0.6) is 0 Å². The topological polar surface area (TPSA) is 86.2 Å². The molecule has 4 nitrogen and oxygen atoms in total. The number of ketones is 1. The van der Waals surface area contributed by atoms with Crippen molar-refractivity contribution in [3.63, 3.8) is 0 Å². The standard InChI is InChI=1S/C14H12N2O2/c15-12-7-5-10(6-8-12)13(17)9-1-3-11(4-2-9)14(16)18/h1-8H,15H2,(H2,16,18). The van der Waals surface area contributed by atoms with Gasteiger partial charge in [-0.25, -0.2) is 0 Å². The highest BCUT2D eigenvalue weighted by atomic mass is 16.1. The van der Waals surface area contributed by atoms with E-state index in [-0.39, 0.29) is 5.78 Å². The second kappa shape index (κ2) is 4.71. The molecule has 0 fully saturated rings. The molecule has 0 atom stereocenters. The molecule has 4 N–H and O–H groups in total. The average Bonchev–Trinajstić information content (AvgIpc) is 2.39. The zero-order valence-corrected chi connectivity index (χ0v) is 9.59. The van der Waals surface area contributed by atoms with Crippen LogP contribution in [0.15, 0.2) is 48.5 Å². The Labute approximate surface area is 104 Å². The van der Waals surface area contributed by atoms with Crippen molar-refractivity contribution in [3.05, 3.63) is 65.2 Å². The molecule has 0 heterocycles. The number of primary amides is 1. The molecular weight excluding hydrogens is 228 g/mol. The quantitative estimate of drug-likeness (QED) is 0.631. The van der Waals surface area contributed by atoms with Crippen molar-refractivity contribution in [3.8, 4) is 0 Å². The normalized spacial score (nSPS) is 10.0. The summed E-state index contributed by atoms with van der Waals surface area (Å²) in [5.41, 5.74) is 12.7. The van der Waals surface area contributed by atoms with Crippen LogP contribution >= 0.6 is 0 Å². The molecule has 0 spiro atoms. The Morgan fingerprint density at radius 2 is 1.11 bits per heavy atom. The minimum absolute atomic E-state index is 0.119. The van der Waals surface area contributed by atoms with Crippen LogP contribution in [0.25, 0.3) is 0 Å². The second-order valence-corrected chi connectivity index (χ2v) is 3.89. The van der Waals surface area contributed by atoms with E-state index < -0.39 is 5.91 Å². The molecule has 4 heteroatoms. The average molecular weight is 240 g/mol. The number of amides is 1. The van der Waals surface area contributed by atoms with Crippen molar-refractivity contribution in [1.29, 1.82) is 0 Å². The summed E-state index contributed by atoms with van der Waals surface area (Å²) in [4.78, 5) is 23.0. The molecule has 2 aromatic rings. The summed E-state index contributed by atoms with van der Waals surface area (Å²) in [6, 6.07) is 12.9. The number of benzene rings is 2. The zero-order chi connectivity index (χ0) is 13.1. The molecule has 0 aliphatic heterocycles. The minimum Gasteiger partial charge on any atom is -0.399 e. The molecule has 0 unspecified atom stereocenters. The predicted molar refractivity (Wildman–Crippen MR) is 69.2 cm³/mol. The van der Waals surface area contributed by atoms with Gasteiger partial charge in [0.25, 0.3) is 0 Å². The summed E-state index contributed by atoms with van der Waals surface area (Å²) in [5.74, 6) is -0.632. The van der Waals surface area contributed by atoms with Crippen molar-refractivity contribution in [2.24, 2.45) is 5.73 Å². The third-order valence-corrected chi connectivity index (χ3v) is 2.60. The van der Waals surface area contributed by atoms with Crippen molar-refractivity contribution < 1.29 is 9.59 Å². The van der Waals surface area contributed by atoms with E-state index in [4.69, 9.17) is 11.5 Å². The van der Waals surface area contributed by atoms with Gasteiger partial charge in [0.1, 0.15) is 0 Å². The Bertz CT molecular complexity index is 586. The lowest BCUT2D eigenvalue weighted by Gasteiger charge is -2.02. The molecule has 1 amide bonds. The Balaban J connectivity index is 2.28. The first-order chi connectivity index (χ1) is 8.58. The first-order valence-corrected chi connectivity index (χ1v) is 5.38. The fourth-order valence-corrected chi connectivity index (χ4v) is 1.59. The number of hydrogen-bond donors (Lipinski definition) is 2. The SMILES string of the molecule is NC(=O)c1ccc(C(=O)c2ccc(N)cc2)cc1. The van der Waals surface area contributed by atoms with Crippen LogP contribution in [0.1, 0.15) is 26.3 Å². The largest absolute Gasteiger partial charge is 0.399 e. The van der Waals surface area contributed by atoms with Crippen LogP contribution in [0.3, 0.4) is 0 Å². The van der Waals surface area contributed by atoms with Crippen molar-refractivity contribution in [1.82, 2.24) is 0 Å². The van der Waals surface area contributed by atoms with Crippen LogP contribution in [0.4, 0.5) is 5.69 Å². The van der Waals surface area contributed by atoms with E-state index in [1.807, 2.05) is 0 Å². The summed E-state index contributed by atoms with van der Waals surface area (Å²) in [5, 5.41) is 0. The minimum atomic E-state index is -0.513. The first kappa shape index (κ1) is 11.9. The molecule has 2 aromatic carbocycles. The Hall–Kier alpha value is -2.62. The Kier molecular flexibility index (Phi) is 3.10. The number of nitrogen functional groups attached to an aromatic ring is 1. The van der Waals surface area contributed by atoms with Gasteiger partial charge in [-0.3, -0.25) is 9.59 Å². The van der Waals surface area contributed by atoms with Crippen LogP contribution in [-0.4, -0.2) is 11.7 Å². The number of carbonyl (C=O) groups excluding carboxylic acids is 2. The summed E-state index contributed by atoms with van der Waals surface area (Å²) in [6.45, 7) is 0. The van der Waals surface area contributed by atoms with Crippen molar-refractivity contribution in [2.75, 3.05) is 5.73 Å². The molecule has 2 rings (SSSR count). The van der Waals surface area contributed by atoms with Crippen LogP contribution in [0.2, 0.25) is 0 Å². The van der Waals surface area contributed by atoms with E-state index in [1.54, 1.807) is 36.4 Å². The molecule has 0 radical (unpaired) electrons. The summed E-state index contributed by atoms with van der Waals surface area (Å²) < 4.78 is 0. The molecule has 0 saturated carbocycles. The third-order valence-electron chi connectivity index (χ3n) is 2.60. The molecule has 0 aliphatic rings. The molecule has 0 aliphatic carbocycles. The Morgan fingerprint density at radius 3 is 1.56 bits per heavy atom. The van der Waals surface area contributed by atoms with Gasteiger partial charge in [-0.05, 0) is 36.4 Å². The maximum absolute atomic E-state index is 12.1. The van der Waals surface area contributed by atoms with Crippen molar-refractivity contribution >= 4 is 17.4 Å². The lowest BCUT2D eigenvalue weighted by molar-refractivity contribution is 0.0997. The number of rotatable bonds is 3. The van der Waals surface area contributed by atoms with Gasteiger partial charge in [-0.15, -0.1) is 0 Å². The summed E-state index contributed by atoms with van der Waals surface area (Å²) in [7, 11) is 0. The summed E-state index contributed by atoms with van der Waals surface area (Å²) in [6.07, 6.45) is 0. The molecule has 0 aromatic heterocycles. The first-order valence-electron chi connectivity index (χ1n) is 5.38. The lowest BCUT2D eigenvalue weighted by atomic mass is 10.0. The van der Waals surface area contributed by atoms with Gasteiger partial charge in [0, 0.05) is 22.4 Å². The van der Waals surface area contributed by atoms with Crippen molar-refractivity contribution in [2.45, 2.75) is 0 Å². The number of nitrogens with two attached hydrogens (primary N) is 2. The molecule has 0 saturated heterocycles.